The van der Waals surface area contributed by atoms with Crippen LogP contribution in [0.4, 0.5) is 10.1 Å². The molecule has 1 N–H and O–H groups in total. The first-order valence-corrected chi connectivity index (χ1v) is 5.78. The molecule has 0 saturated carbocycles. The first kappa shape index (κ1) is 13.0. The van der Waals surface area contributed by atoms with Gasteiger partial charge < -0.3 is 10.0 Å². The summed E-state index contributed by atoms with van der Waals surface area (Å²) in [6.07, 6.45) is 2.31. The minimum atomic E-state index is -0.210. The zero-order chi connectivity index (χ0) is 12.0. The zero-order valence-electron chi connectivity index (χ0n) is 9.99. The van der Waals surface area contributed by atoms with Crippen LogP contribution in [-0.4, -0.2) is 24.8 Å². The molecule has 0 radical (unpaired) electrons. The quantitative estimate of drug-likeness (QED) is 0.804. The SMILES string of the molecule is CCC(O)CCCN(C)c1cccc(F)c1. The molecular formula is C13H20FNO. The highest BCUT2D eigenvalue weighted by Crippen LogP contribution is 2.14. The third kappa shape index (κ3) is 4.19. The molecule has 0 spiro atoms. The van der Waals surface area contributed by atoms with E-state index in [4.69, 9.17) is 0 Å². The van der Waals surface area contributed by atoms with Crippen LogP contribution in [0.5, 0.6) is 0 Å². The maximum atomic E-state index is 13.0. The van der Waals surface area contributed by atoms with Gasteiger partial charge in [0.25, 0.3) is 0 Å². The van der Waals surface area contributed by atoms with Gasteiger partial charge in [0, 0.05) is 19.3 Å². The van der Waals surface area contributed by atoms with E-state index in [9.17, 15) is 9.50 Å². The van der Waals surface area contributed by atoms with Crippen LogP contribution in [0, 0.1) is 5.82 Å². The molecule has 1 aromatic carbocycles. The number of hydrogen-bond donors (Lipinski definition) is 1. The first-order chi connectivity index (χ1) is 7.63. The van der Waals surface area contributed by atoms with Gasteiger partial charge in [-0.05, 0) is 37.5 Å². The van der Waals surface area contributed by atoms with Crippen molar-refractivity contribution in [3.63, 3.8) is 0 Å². The Balaban J connectivity index is 2.38. The molecule has 0 amide bonds. The molecule has 1 aromatic rings. The number of aliphatic hydroxyl groups excluding tert-OH is 1. The number of rotatable bonds is 6. The molecule has 0 bridgehead atoms. The highest BCUT2D eigenvalue weighted by Gasteiger charge is 2.04. The summed E-state index contributed by atoms with van der Waals surface area (Å²) >= 11 is 0. The lowest BCUT2D eigenvalue weighted by Crippen LogP contribution is -2.20. The average Bonchev–Trinajstić information content (AvgIpc) is 2.28. The summed E-state index contributed by atoms with van der Waals surface area (Å²) in [5.74, 6) is -0.210. The van der Waals surface area contributed by atoms with E-state index < -0.39 is 0 Å². The number of anilines is 1. The Bertz CT molecular complexity index is 317. The molecule has 0 saturated heterocycles. The Labute approximate surface area is 96.7 Å². The molecule has 16 heavy (non-hydrogen) atoms. The second-order valence-electron chi connectivity index (χ2n) is 4.11. The molecular weight excluding hydrogens is 205 g/mol. The third-order valence-electron chi connectivity index (χ3n) is 2.75. The third-order valence-corrected chi connectivity index (χ3v) is 2.75. The van der Waals surface area contributed by atoms with Crippen LogP contribution in [0.2, 0.25) is 0 Å². The second-order valence-corrected chi connectivity index (χ2v) is 4.11. The van der Waals surface area contributed by atoms with Crippen LogP contribution in [0.25, 0.3) is 0 Å². The van der Waals surface area contributed by atoms with E-state index in [0.717, 1.165) is 31.5 Å². The summed E-state index contributed by atoms with van der Waals surface area (Å²) in [7, 11) is 1.94. The summed E-state index contributed by atoms with van der Waals surface area (Å²) < 4.78 is 13.0. The number of halogens is 1. The standard InChI is InChI=1S/C13H20FNO/c1-3-13(16)8-5-9-15(2)12-7-4-6-11(14)10-12/h4,6-7,10,13,16H,3,5,8-9H2,1-2H3. The van der Waals surface area contributed by atoms with Crippen LogP contribution in [-0.2, 0) is 0 Å². The second kappa shape index (κ2) is 6.48. The largest absolute Gasteiger partial charge is 0.393 e. The molecule has 0 aromatic heterocycles. The predicted molar refractivity (Wildman–Crippen MR) is 65.2 cm³/mol. The molecule has 0 heterocycles. The van der Waals surface area contributed by atoms with Crippen molar-refractivity contribution in [2.45, 2.75) is 32.3 Å². The summed E-state index contributed by atoms with van der Waals surface area (Å²) in [5, 5.41) is 9.41. The Morgan fingerprint density at radius 3 is 2.81 bits per heavy atom. The smallest absolute Gasteiger partial charge is 0.125 e. The molecule has 0 aliphatic heterocycles. The van der Waals surface area contributed by atoms with Gasteiger partial charge in [0.05, 0.1) is 6.10 Å². The topological polar surface area (TPSA) is 23.5 Å². The Morgan fingerprint density at radius 2 is 2.19 bits per heavy atom. The Morgan fingerprint density at radius 1 is 1.44 bits per heavy atom. The van der Waals surface area contributed by atoms with E-state index >= 15 is 0 Å². The maximum Gasteiger partial charge on any atom is 0.125 e. The summed E-state index contributed by atoms with van der Waals surface area (Å²) in [6, 6.07) is 6.57. The van der Waals surface area contributed by atoms with Gasteiger partial charge in [-0.3, -0.25) is 0 Å². The lowest BCUT2D eigenvalue weighted by molar-refractivity contribution is 0.158. The minimum absolute atomic E-state index is 0.207. The number of nitrogens with zero attached hydrogens (tertiary/aromatic N) is 1. The van der Waals surface area contributed by atoms with Crippen molar-refractivity contribution in [3.05, 3.63) is 30.1 Å². The zero-order valence-corrected chi connectivity index (χ0v) is 9.99. The van der Waals surface area contributed by atoms with Crippen molar-refractivity contribution in [2.24, 2.45) is 0 Å². The van der Waals surface area contributed by atoms with E-state index in [1.165, 1.54) is 12.1 Å². The number of hydrogen-bond acceptors (Lipinski definition) is 2. The molecule has 3 heteroatoms. The fourth-order valence-electron chi connectivity index (χ4n) is 1.61. The van der Waals surface area contributed by atoms with Crippen molar-refractivity contribution in [2.75, 3.05) is 18.5 Å². The minimum Gasteiger partial charge on any atom is -0.393 e. The van der Waals surface area contributed by atoms with E-state index in [1.807, 2.05) is 24.9 Å². The lowest BCUT2D eigenvalue weighted by Gasteiger charge is -2.19. The van der Waals surface area contributed by atoms with Gasteiger partial charge >= 0.3 is 0 Å². The molecule has 1 atom stereocenters. The molecule has 1 rings (SSSR count). The highest BCUT2D eigenvalue weighted by molar-refractivity contribution is 5.45. The summed E-state index contributed by atoms with van der Waals surface area (Å²) in [6.45, 7) is 2.81. The molecule has 90 valence electrons. The first-order valence-electron chi connectivity index (χ1n) is 5.78. The Kier molecular flexibility index (Phi) is 5.26. The molecule has 0 aliphatic carbocycles. The summed E-state index contributed by atoms with van der Waals surface area (Å²) in [5.41, 5.74) is 0.881. The van der Waals surface area contributed by atoms with Crippen LogP contribution in [0.15, 0.2) is 24.3 Å². The van der Waals surface area contributed by atoms with E-state index in [2.05, 4.69) is 0 Å². The van der Waals surface area contributed by atoms with E-state index in [0.29, 0.717) is 0 Å². The monoisotopic (exact) mass is 225 g/mol. The maximum absolute atomic E-state index is 13.0. The van der Waals surface area contributed by atoms with Gasteiger partial charge in [0.1, 0.15) is 5.82 Å². The number of benzene rings is 1. The van der Waals surface area contributed by atoms with E-state index in [1.54, 1.807) is 6.07 Å². The van der Waals surface area contributed by atoms with Crippen molar-refractivity contribution in [1.29, 1.82) is 0 Å². The van der Waals surface area contributed by atoms with Crippen LogP contribution in [0.3, 0.4) is 0 Å². The number of aliphatic hydroxyl groups is 1. The average molecular weight is 225 g/mol. The van der Waals surface area contributed by atoms with Gasteiger partial charge in [-0.15, -0.1) is 0 Å². The van der Waals surface area contributed by atoms with Crippen molar-refractivity contribution >= 4 is 5.69 Å². The molecule has 2 nitrogen and oxygen atoms in total. The normalized spacial score (nSPS) is 12.5. The van der Waals surface area contributed by atoms with E-state index in [-0.39, 0.29) is 11.9 Å². The lowest BCUT2D eigenvalue weighted by atomic mass is 10.1. The van der Waals surface area contributed by atoms with Gasteiger partial charge in [0.15, 0.2) is 0 Å². The van der Waals surface area contributed by atoms with Gasteiger partial charge in [-0.25, -0.2) is 4.39 Å². The highest BCUT2D eigenvalue weighted by atomic mass is 19.1. The fraction of sp³-hybridized carbons (Fsp3) is 0.538. The van der Waals surface area contributed by atoms with Crippen LogP contribution < -0.4 is 4.90 Å². The predicted octanol–water partition coefficient (Wildman–Crippen LogP) is 2.81. The Hall–Kier alpha value is -1.09. The van der Waals surface area contributed by atoms with Crippen LogP contribution in [0.1, 0.15) is 26.2 Å². The molecule has 1 unspecified atom stereocenters. The summed E-state index contributed by atoms with van der Waals surface area (Å²) in [4.78, 5) is 2.01. The van der Waals surface area contributed by atoms with Crippen molar-refractivity contribution in [3.8, 4) is 0 Å². The van der Waals surface area contributed by atoms with Crippen molar-refractivity contribution < 1.29 is 9.50 Å². The van der Waals surface area contributed by atoms with Crippen molar-refractivity contribution in [1.82, 2.24) is 0 Å². The van der Waals surface area contributed by atoms with Gasteiger partial charge in [-0.2, -0.15) is 0 Å². The molecule has 0 fully saturated rings. The van der Waals surface area contributed by atoms with Gasteiger partial charge in [0.2, 0.25) is 0 Å². The van der Waals surface area contributed by atoms with Crippen LogP contribution >= 0.6 is 0 Å². The van der Waals surface area contributed by atoms with Gasteiger partial charge in [-0.1, -0.05) is 13.0 Å². The fourth-order valence-corrected chi connectivity index (χ4v) is 1.61. The molecule has 0 aliphatic rings.